The summed E-state index contributed by atoms with van der Waals surface area (Å²) < 4.78 is 9.60. The largest absolute Gasteiger partial charge is 0.469 e. The molecule has 9 heteroatoms. The van der Waals surface area contributed by atoms with Gasteiger partial charge in [0.1, 0.15) is 4.60 Å². The Balaban J connectivity index is 2.36. The van der Waals surface area contributed by atoms with Crippen molar-refractivity contribution in [3.63, 3.8) is 0 Å². The molecule has 1 amide bonds. The summed E-state index contributed by atoms with van der Waals surface area (Å²) in [6.45, 7) is 0.0891. The summed E-state index contributed by atoms with van der Waals surface area (Å²) in [5.74, 6) is -2.03. The van der Waals surface area contributed by atoms with Crippen LogP contribution >= 0.6 is 15.9 Å². The molecule has 1 aromatic heterocycles. The van der Waals surface area contributed by atoms with Crippen LogP contribution in [0.3, 0.4) is 0 Å². The predicted molar refractivity (Wildman–Crippen MR) is 73.5 cm³/mol. The quantitative estimate of drug-likeness (QED) is 0.728. The third kappa shape index (κ3) is 3.02. The number of hydrogen-bond acceptors (Lipinski definition) is 7. The number of hydrogen-bond donors (Lipinski definition) is 0. The van der Waals surface area contributed by atoms with E-state index in [1.54, 1.807) is 0 Å². The molecule has 8 nitrogen and oxygen atoms in total. The number of carbonyl (C=O) groups excluding carboxylic acids is 3. The van der Waals surface area contributed by atoms with Crippen LogP contribution in [-0.2, 0) is 19.1 Å². The zero-order valence-electron chi connectivity index (χ0n) is 11.3. The number of aromatic nitrogens is 2. The van der Waals surface area contributed by atoms with Crippen LogP contribution < -0.4 is 4.90 Å². The fourth-order valence-electron chi connectivity index (χ4n) is 2.03. The molecule has 112 valence electrons. The molecule has 1 aliphatic rings. The van der Waals surface area contributed by atoms with E-state index in [2.05, 4.69) is 35.4 Å². The molecule has 0 aromatic carbocycles. The number of halogens is 1. The van der Waals surface area contributed by atoms with Crippen molar-refractivity contribution in [2.24, 2.45) is 5.92 Å². The van der Waals surface area contributed by atoms with Crippen molar-refractivity contribution >= 4 is 39.6 Å². The highest BCUT2D eigenvalue weighted by Crippen LogP contribution is 2.27. The Morgan fingerprint density at radius 2 is 2.10 bits per heavy atom. The molecule has 0 spiro atoms. The first-order valence-corrected chi connectivity index (χ1v) is 6.76. The average molecular weight is 358 g/mol. The number of ether oxygens (including phenoxy) is 2. The van der Waals surface area contributed by atoms with E-state index in [1.807, 2.05) is 0 Å². The van der Waals surface area contributed by atoms with Crippen LogP contribution in [0.15, 0.2) is 10.8 Å². The van der Waals surface area contributed by atoms with Gasteiger partial charge < -0.3 is 9.47 Å². The molecule has 1 unspecified atom stereocenters. The first-order chi connectivity index (χ1) is 9.97. The van der Waals surface area contributed by atoms with Gasteiger partial charge in [0.25, 0.3) is 0 Å². The highest BCUT2D eigenvalue weighted by Gasteiger charge is 2.38. The minimum atomic E-state index is -0.715. The second-order valence-corrected chi connectivity index (χ2v) is 5.10. The van der Waals surface area contributed by atoms with Crippen LogP contribution in [0.5, 0.6) is 0 Å². The van der Waals surface area contributed by atoms with Gasteiger partial charge in [-0.1, -0.05) is 0 Å². The smallest absolute Gasteiger partial charge is 0.360 e. The van der Waals surface area contributed by atoms with Gasteiger partial charge in [-0.15, -0.1) is 0 Å². The molecule has 2 rings (SSSR count). The van der Waals surface area contributed by atoms with Gasteiger partial charge in [-0.05, 0) is 15.9 Å². The maximum absolute atomic E-state index is 12.0. The number of anilines is 1. The molecular weight excluding hydrogens is 346 g/mol. The normalized spacial score (nSPS) is 17.8. The average Bonchev–Trinajstić information content (AvgIpc) is 2.87. The predicted octanol–water partition coefficient (Wildman–Crippen LogP) is 0.552. The lowest BCUT2D eigenvalue weighted by Crippen LogP contribution is -2.29. The highest BCUT2D eigenvalue weighted by atomic mass is 79.9. The summed E-state index contributed by atoms with van der Waals surface area (Å²) in [7, 11) is 2.46. The van der Waals surface area contributed by atoms with Crippen molar-refractivity contribution in [3.05, 3.63) is 16.5 Å². The van der Waals surface area contributed by atoms with E-state index < -0.39 is 17.9 Å². The Kier molecular flexibility index (Phi) is 4.51. The molecule has 21 heavy (non-hydrogen) atoms. The Bertz CT molecular complexity index is 607. The summed E-state index contributed by atoms with van der Waals surface area (Å²) in [4.78, 5) is 44.6. The number of rotatable bonds is 3. The topological polar surface area (TPSA) is 98.7 Å². The van der Waals surface area contributed by atoms with Gasteiger partial charge in [-0.2, -0.15) is 0 Å². The lowest BCUT2D eigenvalue weighted by atomic mass is 10.1. The van der Waals surface area contributed by atoms with Crippen molar-refractivity contribution in [2.45, 2.75) is 6.42 Å². The van der Waals surface area contributed by atoms with Crippen LogP contribution in [0.4, 0.5) is 5.82 Å². The number of amides is 1. The second-order valence-electron chi connectivity index (χ2n) is 4.29. The monoisotopic (exact) mass is 357 g/mol. The van der Waals surface area contributed by atoms with Gasteiger partial charge in [0.2, 0.25) is 5.91 Å². The Morgan fingerprint density at radius 1 is 1.38 bits per heavy atom. The summed E-state index contributed by atoms with van der Waals surface area (Å²) in [5.41, 5.74) is -0.0919. The van der Waals surface area contributed by atoms with Crippen LogP contribution in [0.1, 0.15) is 16.9 Å². The molecule has 1 aliphatic heterocycles. The van der Waals surface area contributed by atoms with Gasteiger partial charge in [0, 0.05) is 13.0 Å². The van der Waals surface area contributed by atoms with Crippen LogP contribution in [-0.4, -0.2) is 48.6 Å². The third-order valence-electron chi connectivity index (χ3n) is 3.02. The molecule has 0 aliphatic carbocycles. The first-order valence-electron chi connectivity index (χ1n) is 5.97. The van der Waals surface area contributed by atoms with Gasteiger partial charge >= 0.3 is 11.9 Å². The molecule has 0 radical (unpaired) electrons. The van der Waals surface area contributed by atoms with E-state index in [4.69, 9.17) is 0 Å². The summed E-state index contributed by atoms with van der Waals surface area (Å²) in [6, 6.07) is 0. The zero-order chi connectivity index (χ0) is 15.6. The maximum Gasteiger partial charge on any atom is 0.360 e. The van der Waals surface area contributed by atoms with Gasteiger partial charge in [0.05, 0.1) is 26.3 Å². The molecule has 2 heterocycles. The van der Waals surface area contributed by atoms with E-state index in [9.17, 15) is 14.4 Å². The molecule has 1 fully saturated rings. The summed E-state index contributed by atoms with van der Waals surface area (Å²) in [6.07, 6.45) is 1.37. The van der Waals surface area contributed by atoms with Crippen LogP contribution in [0.25, 0.3) is 0 Å². The van der Waals surface area contributed by atoms with Crippen molar-refractivity contribution in [1.29, 1.82) is 0 Å². The number of carbonyl (C=O) groups is 3. The summed E-state index contributed by atoms with van der Waals surface area (Å²) >= 11 is 3.10. The van der Waals surface area contributed by atoms with Crippen LogP contribution in [0.2, 0.25) is 0 Å². The molecule has 0 bridgehead atoms. The first kappa shape index (κ1) is 15.4. The van der Waals surface area contributed by atoms with Crippen molar-refractivity contribution < 1.29 is 23.9 Å². The number of esters is 2. The van der Waals surface area contributed by atoms with E-state index in [1.165, 1.54) is 25.3 Å². The molecule has 0 N–H and O–H groups in total. The Morgan fingerprint density at radius 3 is 2.71 bits per heavy atom. The van der Waals surface area contributed by atoms with E-state index >= 15 is 0 Å². The highest BCUT2D eigenvalue weighted by molar-refractivity contribution is 9.10. The fraction of sp³-hybridized carbons (Fsp3) is 0.417. The molecule has 1 saturated heterocycles. The Hall–Kier alpha value is -2.03. The van der Waals surface area contributed by atoms with Crippen molar-refractivity contribution in [1.82, 2.24) is 9.97 Å². The zero-order valence-corrected chi connectivity index (χ0v) is 12.9. The molecule has 1 aromatic rings. The van der Waals surface area contributed by atoms with Gasteiger partial charge in [0.15, 0.2) is 11.5 Å². The fourth-order valence-corrected chi connectivity index (χ4v) is 2.31. The van der Waals surface area contributed by atoms with E-state index in [-0.39, 0.29) is 30.4 Å². The summed E-state index contributed by atoms with van der Waals surface area (Å²) in [5, 5.41) is 0. The van der Waals surface area contributed by atoms with Gasteiger partial charge in [-0.25, -0.2) is 14.8 Å². The van der Waals surface area contributed by atoms with E-state index in [0.717, 1.165) is 0 Å². The Labute approximate surface area is 128 Å². The lowest BCUT2D eigenvalue weighted by molar-refractivity contribution is -0.145. The van der Waals surface area contributed by atoms with Crippen LogP contribution in [0, 0.1) is 5.92 Å². The number of nitrogens with zero attached hydrogens (tertiary/aromatic N) is 3. The lowest BCUT2D eigenvalue weighted by Gasteiger charge is -2.17. The SMILES string of the molecule is COC(=O)c1nc(Br)cnc1N1CC(C(=O)OC)CC1=O. The third-order valence-corrected chi connectivity index (χ3v) is 3.40. The maximum atomic E-state index is 12.0. The minimum absolute atomic E-state index is 0.00499. The minimum Gasteiger partial charge on any atom is -0.469 e. The van der Waals surface area contributed by atoms with Gasteiger partial charge in [-0.3, -0.25) is 14.5 Å². The second kappa shape index (κ2) is 6.17. The molecule has 1 atom stereocenters. The van der Waals surface area contributed by atoms with Crippen molar-refractivity contribution in [3.8, 4) is 0 Å². The van der Waals surface area contributed by atoms with Crippen molar-refractivity contribution in [2.75, 3.05) is 25.7 Å². The molecular formula is C12H12BrN3O5. The standard InChI is InChI=1S/C12H12BrN3O5/c1-20-11(18)6-3-8(17)16(5-6)10-9(12(19)21-2)15-7(13)4-14-10/h4,6H,3,5H2,1-2H3. The van der Waals surface area contributed by atoms with E-state index in [0.29, 0.717) is 4.60 Å². The molecule has 0 saturated carbocycles. The number of methoxy groups -OCH3 is 2.